The summed E-state index contributed by atoms with van der Waals surface area (Å²) in [6, 6.07) is -0.403. The minimum atomic E-state index is -0.403. The van der Waals surface area contributed by atoms with E-state index >= 15 is 0 Å². The lowest BCUT2D eigenvalue weighted by atomic mass is 9.82. The lowest BCUT2D eigenvalue weighted by Gasteiger charge is -2.31. The van der Waals surface area contributed by atoms with E-state index in [1.54, 1.807) is 0 Å². The summed E-state index contributed by atoms with van der Waals surface area (Å²) >= 11 is 0. The highest BCUT2D eigenvalue weighted by molar-refractivity contribution is 5.81. The second-order valence-electron chi connectivity index (χ2n) is 4.65. The van der Waals surface area contributed by atoms with Gasteiger partial charge in [-0.05, 0) is 24.7 Å². The van der Waals surface area contributed by atoms with E-state index in [1.165, 1.54) is 0 Å². The van der Waals surface area contributed by atoms with Crippen LogP contribution in [0.1, 0.15) is 33.1 Å². The number of carbonyl (C=O) groups excluding carboxylic acids is 1. The first kappa shape index (κ1) is 12.5. The van der Waals surface area contributed by atoms with Crippen LogP contribution in [-0.4, -0.2) is 29.7 Å². The molecule has 15 heavy (non-hydrogen) atoms. The molecule has 0 spiro atoms. The maximum Gasteiger partial charge on any atom is 0.237 e. The van der Waals surface area contributed by atoms with Crippen LogP contribution in [0.3, 0.4) is 0 Å². The first-order valence-electron chi connectivity index (χ1n) is 5.76. The van der Waals surface area contributed by atoms with Crippen LogP contribution >= 0.6 is 0 Å². The number of rotatable bonds is 5. The lowest BCUT2D eigenvalue weighted by Crippen LogP contribution is -2.47. The Balaban J connectivity index is 2.18. The fraction of sp³-hybridized carbons (Fsp3) is 0.909. The van der Waals surface area contributed by atoms with E-state index in [-0.39, 0.29) is 17.9 Å². The molecule has 0 aromatic carbocycles. The third kappa shape index (κ3) is 3.47. The summed E-state index contributed by atoms with van der Waals surface area (Å²) in [6.45, 7) is 4.66. The molecule has 0 radical (unpaired) electrons. The van der Waals surface area contributed by atoms with E-state index in [4.69, 9.17) is 10.8 Å². The molecule has 0 aromatic heterocycles. The van der Waals surface area contributed by atoms with Gasteiger partial charge in [0, 0.05) is 6.54 Å². The Bertz CT molecular complexity index is 215. The zero-order chi connectivity index (χ0) is 11.4. The molecule has 1 saturated carbocycles. The van der Waals surface area contributed by atoms with Gasteiger partial charge in [-0.3, -0.25) is 4.79 Å². The molecule has 1 fully saturated rings. The summed E-state index contributed by atoms with van der Waals surface area (Å²) in [5, 5.41) is 11.9. The molecule has 4 nitrogen and oxygen atoms in total. The second-order valence-corrected chi connectivity index (χ2v) is 4.65. The predicted octanol–water partition coefficient (Wildman–Crippen LogP) is 0.247. The lowest BCUT2D eigenvalue weighted by molar-refractivity contribution is -0.124. The highest BCUT2D eigenvalue weighted by Crippen LogP contribution is 2.26. The van der Waals surface area contributed by atoms with E-state index in [0.717, 1.165) is 19.3 Å². The Hall–Kier alpha value is -0.610. The van der Waals surface area contributed by atoms with Gasteiger partial charge in [-0.2, -0.15) is 0 Å². The number of amides is 1. The third-order valence-corrected chi connectivity index (χ3v) is 3.34. The summed E-state index contributed by atoms with van der Waals surface area (Å²) in [6.07, 6.45) is 2.36. The first-order chi connectivity index (χ1) is 7.04. The van der Waals surface area contributed by atoms with E-state index in [0.29, 0.717) is 12.5 Å². The van der Waals surface area contributed by atoms with Crippen molar-refractivity contribution in [3.8, 4) is 0 Å². The molecule has 1 aliphatic carbocycles. The Kier molecular flexibility index (Phi) is 4.54. The van der Waals surface area contributed by atoms with Crippen molar-refractivity contribution in [1.29, 1.82) is 0 Å². The molecule has 4 N–H and O–H groups in total. The quantitative estimate of drug-likeness (QED) is 0.614. The molecule has 0 aromatic rings. The van der Waals surface area contributed by atoms with E-state index < -0.39 is 6.04 Å². The van der Waals surface area contributed by atoms with Gasteiger partial charge in [-0.25, -0.2) is 0 Å². The maximum absolute atomic E-state index is 11.6. The number of hydrogen-bond donors (Lipinski definition) is 3. The molecule has 88 valence electrons. The number of aliphatic hydroxyl groups excluding tert-OH is 1. The zero-order valence-corrected chi connectivity index (χ0v) is 9.57. The molecule has 0 saturated heterocycles. The largest absolute Gasteiger partial charge is 0.393 e. The molecular weight excluding hydrogens is 192 g/mol. The SMILES string of the molecule is CCC(C)C(N)C(=O)NCC1CC(O)C1. The van der Waals surface area contributed by atoms with Crippen LogP contribution in [0.5, 0.6) is 0 Å². The van der Waals surface area contributed by atoms with E-state index in [2.05, 4.69) is 5.32 Å². The highest BCUT2D eigenvalue weighted by atomic mass is 16.3. The zero-order valence-electron chi connectivity index (χ0n) is 9.57. The third-order valence-electron chi connectivity index (χ3n) is 3.34. The molecule has 1 rings (SSSR count). The van der Waals surface area contributed by atoms with Crippen molar-refractivity contribution < 1.29 is 9.90 Å². The predicted molar refractivity (Wildman–Crippen MR) is 59.2 cm³/mol. The molecule has 2 atom stereocenters. The summed E-state index contributed by atoms with van der Waals surface area (Å²) in [7, 11) is 0. The van der Waals surface area contributed by atoms with Gasteiger partial charge in [0.1, 0.15) is 0 Å². The summed E-state index contributed by atoms with van der Waals surface area (Å²) < 4.78 is 0. The van der Waals surface area contributed by atoms with Gasteiger partial charge in [0.2, 0.25) is 5.91 Å². The highest BCUT2D eigenvalue weighted by Gasteiger charge is 2.28. The average Bonchev–Trinajstić information content (AvgIpc) is 2.19. The Morgan fingerprint density at radius 1 is 1.60 bits per heavy atom. The van der Waals surface area contributed by atoms with Crippen molar-refractivity contribution in [1.82, 2.24) is 5.32 Å². The number of aliphatic hydroxyl groups is 1. The van der Waals surface area contributed by atoms with Gasteiger partial charge >= 0.3 is 0 Å². The first-order valence-corrected chi connectivity index (χ1v) is 5.76. The van der Waals surface area contributed by atoms with Crippen LogP contribution in [0.15, 0.2) is 0 Å². The molecule has 0 bridgehead atoms. The molecule has 0 aliphatic heterocycles. The van der Waals surface area contributed by atoms with Crippen LogP contribution < -0.4 is 11.1 Å². The van der Waals surface area contributed by atoms with Crippen molar-refractivity contribution in [2.45, 2.75) is 45.3 Å². The number of nitrogens with two attached hydrogens (primary N) is 1. The number of carbonyl (C=O) groups is 1. The molecule has 2 unspecified atom stereocenters. The van der Waals surface area contributed by atoms with Crippen LogP contribution in [0.4, 0.5) is 0 Å². The van der Waals surface area contributed by atoms with E-state index in [1.807, 2.05) is 13.8 Å². The topological polar surface area (TPSA) is 75.4 Å². The minimum Gasteiger partial charge on any atom is -0.393 e. The molecule has 1 aliphatic rings. The maximum atomic E-state index is 11.6. The fourth-order valence-corrected chi connectivity index (χ4v) is 1.74. The summed E-state index contributed by atoms with van der Waals surface area (Å²) in [4.78, 5) is 11.6. The molecule has 1 amide bonds. The Labute approximate surface area is 91.2 Å². The van der Waals surface area contributed by atoms with Crippen molar-refractivity contribution in [2.24, 2.45) is 17.6 Å². The fourth-order valence-electron chi connectivity index (χ4n) is 1.74. The number of nitrogens with one attached hydrogen (secondary N) is 1. The second kappa shape index (κ2) is 5.47. The van der Waals surface area contributed by atoms with Crippen LogP contribution in [-0.2, 0) is 4.79 Å². The average molecular weight is 214 g/mol. The van der Waals surface area contributed by atoms with Gasteiger partial charge in [0.25, 0.3) is 0 Å². The van der Waals surface area contributed by atoms with Gasteiger partial charge in [0.05, 0.1) is 12.1 Å². The Morgan fingerprint density at radius 3 is 2.67 bits per heavy atom. The molecule has 4 heteroatoms. The van der Waals surface area contributed by atoms with Crippen LogP contribution in [0.2, 0.25) is 0 Å². The Morgan fingerprint density at radius 2 is 2.20 bits per heavy atom. The van der Waals surface area contributed by atoms with Crippen LogP contribution in [0.25, 0.3) is 0 Å². The van der Waals surface area contributed by atoms with Gasteiger partial charge in [0.15, 0.2) is 0 Å². The monoisotopic (exact) mass is 214 g/mol. The molecular formula is C11H22N2O2. The van der Waals surface area contributed by atoms with Gasteiger partial charge in [-0.15, -0.1) is 0 Å². The van der Waals surface area contributed by atoms with Crippen molar-refractivity contribution in [3.05, 3.63) is 0 Å². The summed E-state index contributed by atoms with van der Waals surface area (Å²) in [5.74, 6) is 0.593. The van der Waals surface area contributed by atoms with Crippen molar-refractivity contribution in [3.63, 3.8) is 0 Å². The van der Waals surface area contributed by atoms with Crippen molar-refractivity contribution >= 4 is 5.91 Å². The smallest absolute Gasteiger partial charge is 0.237 e. The van der Waals surface area contributed by atoms with Crippen molar-refractivity contribution in [2.75, 3.05) is 6.54 Å². The van der Waals surface area contributed by atoms with Crippen LogP contribution in [0, 0.1) is 11.8 Å². The molecule has 0 heterocycles. The summed E-state index contributed by atoms with van der Waals surface area (Å²) in [5.41, 5.74) is 5.78. The minimum absolute atomic E-state index is 0.0641. The normalized spacial score (nSPS) is 29.1. The van der Waals surface area contributed by atoms with Gasteiger partial charge in [-0.1, -0.05) is 20.3 Å². The standard InChI is InChI=1S/C11H22N2O2/c1-3-7(2)10(12)11(15)13-6-8-4-9(14)5-8/h7-10,14H,3-6,12H2,1-2H3,(H,13,15). The van der Waals surface area contributed by atoms with Gasteiger partial charge < -0.3 is 16.2 Å². The number of hydrogen-bond acceptors (Lipinski definition) is 3. The van der Waals surface area contributed by atoms with E-state index in [9.17, 15) is 4.79 Å².